The Kier molecular flexibility index (Phi) is 23.5. The first-order valence-electron chi connectivity index (χ1n) is 34.2. The summed E-state index contributed by atoms with van der Waals surface area (Å²) in [6.45, 7) is 3.16. The Labute approximate surface area is 617 Å². The molecule has 0 saturated heterocycles. The number of hydrogen-bond donors (Lipinski definition) is 1. The lowest BCUT2D eigenvalue weighted by Gasteiger charge is -2.26. The highest BCUT2D eigenvalue weighted by Crippen LogP contribution is 2.42. The first kappa shape index (κ1) is 73.8. The molecule has 0 aliphatic carbocycles. The first-order chi connectivity index (χ1) is 52.0. The van der Waals surface area contributed by atoms with E-state index in [-0.39, 0.29) is 24.7 Å². The lowest BCUT2D eigenvalue weighted by molar-refractivity contribution is 0.304. The van der Waals surface area contributed by atoms with Gasteiger partial charge in [-0.2, -0.15) is 15.3 Å². The van der Waals surface area contributed by atoms with Crippen molar-refractivity contribution in [1.29, 1.82) is 0 Å². The molecule has 0 unspecified atom stereocenters. The van der Waals surface area contributed by atoms with Crippen molar-refractivity contribution < 1.29 is 47.0 Å². The Morgan fingerprint density at radius 2 is 0.813 bits per heavy atom. The predicted molar refractivity (Wildman–Crippen MR) is 408 cm³/mol. The fourth-order valence-electron chi connectivity index (χ4n) is 12.2. The van der Waals surface area contributed by atoms with Gasteiger partial charge in [0.25, 0.3) is 0 Å². The number of ether oxygens (including phenoxy) is 7. The molecule has 0 fully saturated rings. The lowest BCUT2D eigenvalue weighted by atomic mass is 10.1. The molecule has 0 aliphatic heterocycles. The van der Waals surface area contributed by atoms with E-state index < -0.39 is 17.3 Å². The summed E-state index contributed by atoms with van der Waals surface area (Å²) in [4.78, 5) is 43.0. The van der Waals surface area contributed by atoms with Crippen LogP contribution in [0.4, 0.5) is 42.9 Å². The maximum Gasteiger partial charge on any atom is 0.191 e. The average molecular weight is 1450 g/mol. The van der Waals surface area contributed by atoms with Crippen molar-refractivity contribution in [3.05, 3.63) is 218 Å². The molecule has 8 heterocycles. The second kappa shape index (κ2) is 34.1. The van der Waals surface area contributed by atoms with E-state index in [0.29, 0.717) is 22.4 Å². The van der Waals surface area contributed by atoms with Gasteiger partial charge < -0.3 is 53.0 Å². The van der Waals surface area contributed by atoms with Crippen molar-refractivity contribution in [2.75, 3.05) is 90.7 Å². The van der Waals surface area contributed by atoms with Gasteiger partial charge in [0.2, 0.25) is 0 Å². The molecule has 0 spiro atoms. The molecule has 0 bridgehead atoms. The number of aryl methyl sites for hydroxylation is 6. The zero-order chi connectivity index (χ0) is 75.1. The highest BCUT2D eigenvalue weighted by molar-refractivity contribution is 5.86. The zero-order valence-corrected chi connectivity index (χ0v) is 61.2. The number of hydrogen-bond acceptors (Lipinski definition) is 22. The third-order valence-electron chi connectivity index (χ3n) is 17.6. The van der Waals surface area contributed by atoms with Crippen LogP contribution in [0.3, 0.4) is 0 Å². The SMILES string of the molecule is COc1cc(OC)c(F)c(N(CCO)c2ccc3ncc(-c4cnn(C)c4)nc3c2)c1F.COc1cc(OC)cc(N(CCCc2cc(C)ccn2)c2ccc3ncc(-c4cnn(C)c4)nc3c2)c1.COc1cc(OC)cc(N(CCCc2ncccc2OC)c2ccc3ncc(-c4cnn(C)c4)nc3c2)c1. The number of halogens is 2. The van der Waals surface area contributed by atoms with Gasteiger partial charge in [-0.25, -0.2) is 23.7 Å². The Morgan fingerprint density at radius 3 is 1.20 bits per heavy atom. The summed E-state index contributed by atoms with van der Waals surface area (Å²) >= 11 is 0. The standard InChI is InChI=1S/C29H30N6O3.C29H30N6O2.C22H21F2N5O3/c1-34-19-20(17-32-34)28-18-31-25-10-9-21(15-27(25)33-28)35(22-13-23(36-2)16-24(14-22)37-3)12-6-7-26-29(38-4)8-5-11-30-26;1-20-9-10-30-22(12-20)6-5-11-35(24-13-25(36-3)16-26(14-24)37-4)23-7-8-27-28(15-23)33-29(18-31-27)21-17-32-34(2)19-21;1-28-12-13(10-26-28)17-11-25-15-5-4-14(8-16(15)27-17)29(6-7-30)22-20(23)18(31-2)9-19(32-3)21(22)24/h5,8-11,13-19H,6-7,12H2,1-4H3;7-10,12-19H,5-6,11H2,1-4H3;4-5,8-12,30H,6-7H2,1-3H3. The van der Waals surface area contributed by atoms with Crippen LogP contribution in [0.2, 0.25) is 0 Å². The van der Waals surface area contributed by atoms with Gasteiger partial charge in [0, 0.05) is 165 Å². The third kappa shape index (κ3) is 17.5. The minimum Gasteiger partial charge on any atom is -0.497 e. The van der Waals surface area contributed by atoms with Crippen LogP contribution in [0, 0.1) is 18.6 Å². The van der Waals surface area contributed by atoms with Gasteiger partial charge in [-0.3, -0.25) is 39.0 Å². The van der Waals surface area contributed by atoms with Crippen LogP contribution >= 0.6 is 0 Å². The molecule has 14 aromatic rings. The molecule has 25 nitrogen and oxygen atoms in total. The maximum atomic E-state index is 15.1. The number of methoxy groups -OCH3 is 7. The van der Waals surface area contributed by atoms with Crippen LogP contribution in [0.1, 0.15) is 29.8 Å². The van der Waals surface area contributed by atoms with Crippen LogP contribution in [0.15, 0.2) is 189 Å². The summed E-state index contributed by atoms with van der Waals surface area (Å²) in [5.41, 5.74) is 16.4. The quantitative estimate of drug-likeness (QED) is 0.0529. The molecular formula is C80H81F2N17O8. The summed E-state index contributed by atoms with van der Waals surface area (Å²) in [5, 5.41) is 22.3. The molecule has 0 radical (unpaired) electrons. The number of pyridine rings is 2. The second-order valence-electron chi connectivity index (χ2n) is 24.8. The number of fused-ring (bicyclic) bond motifs is 3. The summed E-state index contributed by atoms with van der Waals surface area (Å²) in [5.74, 6) is 1.53. The van der Waals surface area contributed by atoms with Gasteiger partial charge in [0.05, 0.1) is 149 Å². The van der Waals surface area contributed by atoms with Gasteiger partial charge in [0.15, 0.2) is 23.1 Å². The maximum absolute atomic E-state index is 15.1. The monoisotopic (exact) mass is 1450 g/mol. The number of nitrogens with zero attached hydrogens (tertiary/aromatic N) is 17. The van der Waals surface area contributed by atoms with Crippen LogP contribution in [0.25, 0.3) is 66.9 Å². The molecule has 6 aromatic carbocycles. The van der Waals surface area contributed by atoms with E-state index in [1.54, 1.807) is 118 Å². The molecule has 0 amide bonds. The van der Waals surface area contributed by atoms with Gasteiger partial charge in [-0.05, 0) is 117 Å². The zero-order valence-electron chi connectivity index (χ0n) is 61.2. The molecule has 0 atom stereocenters. The highest BCUT2D eigenvalue weighted by atomic mass is 19.1. The number of aliphatic hydroxyl groups excluding tert-OH is 1. The highest BCUT2D eigenvalue weighted by Gasteiger charge is 2.27. The molecule has 1 N–H and O–H groups in total. The Bertz CT molecular complexity index is 5330. The van der Waals surface area contributed by atoms with Crippen molar-refractivity contribution in [3.63, 3.8) is 0 Å². The summed E-state index contributed by atoms with van der Waals surface area (Å²) in [6, 6.07) is 38.2. The lowest BCUT2D eigenvalue weighted by Crippen LogP contribution is -2.24. The number of aliphatic hydroxyl groups is 1. The molecule has 14 rings (SSSR count). The van der Waals surface area contributed by atoms with Gasteiger partial charge in [-0.1, -0.05) is 0 Å². The molecular weight excluding hydrogens is 1360 g/mol. The summed E-state index contributed by atoms with van der Waals surface area (Å²) in [7, 11) is 16.4. The topological polar surface area (TPSA) is 251 Å². The average Bonchev–Trinajstić information content (AvgIpc) is 1.21. The molecule has 0 saturated carbocycles. The van der Waals surface area contributed by atoms with Crippen molar-refractivity contribution in [1.82, 2.24) is 69.2 Å². The molecule has 107 heavy (non-hydrogen) atoms. The van der Waals surface area contributed by atoms with E-state index in [0.717, 1.165) is 158 Å². The fraction of sp³-hybridized carbons (Fsp3) is 0.237. The normalized spacial score (nSPS) is 11.0. The van der Waals surface area contributed by atoms with Crippen molar-refractivity contribution in [3.8, 4) is 74.0 Å². The molecule has 0 aliphatic rings. The fourth-order valence-corrected chi connectivity index (χ4v) is 12.2. The first-order valence-corrected chi connectivity index (χ1v) is 34.2. The van der Waals surface area contributed by atoms with Crippen LogP contribution < -0.4 is 47.9 Å². The van der Waals surface area contributed by atoms with E-state index >= 15 is 8.78 Å². The number of aromatic nitrogens is 14. The predicted octanol–water partition coefficient (Wildman–Crippen LogP) is 14.2. The summed E-state index contributed by atoms with van der Waals surface area (Å²) in [6.07, 6.45) is 23.2. The molecule has 548 valence electrons. The van der Waals surface area contributed by atoms with Crippen LogP contribution in [-0.4, -0.2) is 150 Å². The number of benzene rings is 6. The second-order valence-corrected chi connectivity index (χ2v) is 24.8. The van der Waals surface area contributed by atoms with Crippen molar-refractivity contribution in [2.24, 2.45) is 21.1 Å². The van der Waals surface area contributed by atoms with E-state index in [1.165, 1.54) is 24.7 Å². The molecule has 27 heteroatoms. The summed E-state index contributed by atoms with van der Waals surface area (Å²) < 4.78 is 73.3. The van der Waals surface area contributed by atoms with Gasteiger partial charge >= 0.3 is 0 Å². The van der Waals surface area contributed by atoms with Crippen molar-refractivity contribution >= 4 is 67.2 Å². The molecule has 8 aromatic heterocycles. The Morgan fingerprint density at radius 1 is 0.393 bits per heavy atom. The van der Waals surface area contributed by atoms with Crippen LogP contribution in [0.5, 0.6) is 40.2 Å². The minimum atomic E-state index is -0.908. The smallest absolute Gasteiger partial charge is 0.191 e. The van der Waals surface area contributed by atoms with Gasteiger partial charge in [-0.15, -0.1) is 0 Å². The van der Waals surface area contributed by atoms with Crippen molar-refractivity contribution in [2.45, 2.75) is 32.6 Å². The number of rotatable bonds is 26. The number of anilines is 6. The Hall–Kier alpha value is -12.9. The van der Waals surface area contributed by atoms with E-state index in [4.69, 9.17) is 43.1 Å². The van der Waals surface area contributed by atoms with E-state index in [2.05, 4.69) is 92.3 Å². The van der Waals surface area contributed by atoms with Gasteiger partial charge in [0.1, 0.15) is 34.4 Å². The largest absolute Gasteiger partial charge is 0.497 e. The van der Waals surface area contributed by atoms with E-state index in [9.17, 15) is 5.11 Å². The minimum absolute atomic E-state index is 0.0780. The Balaban J connectivity index is 0.000000151. The van der Waals surface area contributed by atoms with E-state index in [1.807, 2.05) is 106 Å². The third-order valence-corrected chi connectivity index (χ3v) is 17.6. The van der Waals surface area contributed by atoms with Crippen LogP contribution in [-0.2, 0) is 34.0 Å².